The highest BCUT2D eigenvalue weighted by Crippen LogP contribution is 2.48. The maximum absolute atomic E-state index is 2.44. The summed E-state index contributed by atoms with van der Waals surface area (Å²) in [6, 6.07) is 0. The molecule has 17 heavy (non-hydrogen) atoms. The fourth-order valence-electron chi connectivity index (χ4n) is 2.58. The molecule has 0 aromatic carbocycles. The zero-order valence-corrected chi connectivity index (χ0v) is 11.1. The summed E-state index contributed by atoms with van der Waals surface area (Å²) >= 11 is 0. The third-order valence-electron chi connectivity index (χ3n) is 4.53. The van der Waals surface area contributed by atoms with Gasteiger partial charge in [-0.05, 0) is 67.6 Å². The Labute approximate surface area is 111 Å². The Morgan fingerprint density at radius 1 is 0.765 bits per heavy atom. The Bertz CT molecular complexity index is 187. The summed E-state index contributed by atoms with van der Waals surface area (Å²) < 4.78 is 0. The van der Waals surface area contributed by atoms with Crippen LogP contribution in [-0.2, 0) is 0 Å². The number of rotatable bonds is 2. The monoisotopic (exact) mass is 240 g/mol. The van der Waals surface area contributed by atoms with Crippen LogP contribution in [0, 0.1) is 29.1 Å². The van der Waals surface area contributed by atoms with Crippen molar-refractivity contribution in [3.63, 3.8) is 0 Å². The minimum absolute atomic E-state index is 0. The van der Waals surface area contributed by atoms with Gasteiger partial charge in [-0.1, -0.05) is 42.5 Å². The van der Waals surface area contributed by atoms with Gasteiger partial charge < -0.3 is 0 Å². The molecule has 0 unspecified atom stereocenters. The van der Waals surface area contributed by atoms with Crippen LogP contribution in [-0.4, -0.2) is 0 Å². The minimum Gasteiger partial charge on any atom is -0.0776 e. The predicted molar refractivity (Wildman–Crippen MR) is 80.3 cm³/mol. The third kappa shape index (κ3) is 5.93. The van der Waals surface area contributed by atoms with Crippen LogP contribution < -0.4 is 0 Å². The van der Waals surface area contributed by atoms with Gasteiger partial charge in [0.05, 0.1) is 0 Å². The van der Waals surface area contributed by atoms with E-state index in [-0.39, 0.29) is 14.9 Å². The topological polar surface area (TPSA) is 0 Å². The zero-order chi connectivity index (χ0) is 11.1. The molecule has 0 aromatic heterocycles. The van der Waals surface area contributed by atoms with Gasteiger partial charge in [-0.2, -0.15) is 0 Å². The van der Waals surface area contributed by atoms with Crippen molar-refractivity contribution in [3.8, 4) is 0 Å². The smallest absolute Gasteiger partial charge is 0.0354 e. The van der Waals surface area contributed by atoms with E-state index in [4.69, 9.17) is 0 Å². The lowest BCUT2D eigenvalue weighted by Gasteiger charge is -2.15. The standard InChI is InChI=1S/C8H14.C7H14.2CH4/c1-6(7-2-3-7)8-4-5-8;1-7(2,3)6-4-5-6;;/h6-8H,2-5H2,1H3;6H,4-5H2,1-3H3;2*1H4. The van der Waals surface area contributed by atoms with Gasteiger partial charge in [0, 0.05) is 0 Å². The molecule has 0 bridgehead atoms. The zero-order valence-electron chi connectivity index (χ0n) is 11.1. The Morgan fingerprint density at radius 3 is 1.24 bits per heavy atom. The first-order valence-electron chi connectivity index (χ1n) is 6.98. The van der Waals surface area contributed by atoms with Crippen molar-refractivity contribution in [1.82, 2.24) is 0 Å². The van der Waals surface area contributed by atoms with Crippen LogP contribution in [0.4, 0.5) is 0 Å². The maximum Gasteiger partial charge on any atom is -0.0354 e. The van der Waals surface area contributed by atoms with E-state index >= 15 is 0 Å². The Hall–Kier alpha value is 0. The molecular formula is C17H36. The van der Waals surface area contributed by atoms with Crippen molar-refractivity contribution in [3.05, 3.63) is 0 Å². The van der Waals surface area contributed by atoms with Crippen LogP contribution >= 0.6 is 0 Å². The summed E-state index contributed by atoms with van der Waals surface area (Å²) in [4.78, 5) is 0. The summed E-state index contributed by atoms with van der Waals surface area (Å²) in [5.41, 5.74) is 0.611. The van der Waals surface area contributed by atoms with E-state index in [1.807, 2.05) is 0 Å². The lowest BCUT2D eigenvalue weighted by Crippen LogP contribution is -2.06. The second-order valence-corrected chi connectivity index (χ2v) is 7.17. The van der Waals surface area contributed by atoms with Crippen LogP contribution in [0.3, 0.4) is 0 Å². The molecule has 0 amide bonds. The van der Waals surface area contributed by atoms with Gasteiger partial charge in [0.1, 0.15) is 0 Å². The van der Waals surface area contributed by atoms with Crippen LogP contribution in [0.15, 0.2) is 0 Å². The van der Waals surface area contributed by atoms with Gasteiger partial charge in [-0.3, -0.25) is 0 Å². The van der Waals surface area contributed by atoms with E-state index in [0.717, 1.165) is 23.7 Å². The molecule has 0 N–H and O–H groups in total. The number of hydrogen-bond acceptors (Lipinski definition) is 0. The molecule has 0 nitrogen and oxygen atoms in total. The Kier molecular flexibility index (Phi) is 6.25. The van der Waals surface area contributed by atoms with Crippen LogP contribution in [0.25, 0.3) is 0 Å². The normalized spacial score (nSPS) is 23.1. The lowest BCUT2D eigenvalue weighted by molar-refractivity contribution is 0.351. The molecule has 3 aliphatic rings. The van der Waals surface area contributed by atoms with E-state index in [0.29, 0.717) is 5.41 Å². The van der Waals surface area contributed by atoms with Crippen molar-refractivity contribution < 1.29 is 0 Å². The lowest BCUT2D eigenvalue weighted by atomic mass is 9.91. The van der Waals surface area contributed by atoms with Crippen molar-refractivity contribution in [2.45, 2.75) is 81.1 Å². The highest BCUT2D eigenvalue weighted by atomic mass is 14.4. The van der Waals surface area contributed by atoms with Crippen LogP contribution in [0.2, 0.25) is 0 Å². The van der Waals surface area contributed by atoms with Gasteiger partial charge in [0.15, 0.2) is 0 Å². The molecule has 0 aliphatic heterocycles. The largest absolute Gasteiger partial charge is 0.0776 e. The molecule has 3 fully saturated rings. The highest BCUT2D eigenvalue weighted by Gasteiger charge is 2.38. The molecule has 0 spiro atoms. The second-order valence-electron chi connectivity index (χ2n) is 7.17. The van der Waals surface area contributed by atoms with E-state index in [1.165, 1.54) is 38.5 Å². The third-order valence-corrected chi connectivity index (χ3v) is 4.53. The van der Waals surface area contributed by atoms with Gasteiger partial charge >= 0.3 is 0 Å². The summed E-state index contributed by atoms with van der Waals surface area (Å²) in [6.45, 7) is 9.41. The van der Waals surface area contributed by atoms with E-state index in [1.54, 1.807) is 0 Å². The second kappa shape index (κ2) is 6.25. The fourth-order valence-corrected chi connectivity index (χ4v) is 2.58. The summed E-state index contributed by atoms with van der Waals surface area (Å²) in [5, 5.41) is 0. The minimum atomic E-state index is 0. The highest BCUT2D eigenvalue weighted by molar-refractivity contribution is 4.88. The van der Waals surface area contributed by atoms with Crippen molar-refractivity contribution in [1.29, 1.82) is 0 Å². The molecule has 3 aliphatic carbocycles. The van der Waals surface area contributed by atoms with Gasteiger partial charge in [0.25, 0.3) is 0 Å². The summed E-state index contributed by atoms with van der Waals surface area (Å²) in [7, 11) is 0. The Morgan fingerprint density at radius 2 is 1.12 bits per heavy atom. The summed E-state index contributed by atoms with van der Waals surface area (Å²) in [6.07, 6.45) is 9.11. The first-order valence-corrected chi connectivity index (χ1v) is 6.98. The molecular weight excluding hydrogens is 204 g/mol. The predicted octanol–water partition coefficient (Wildman–Crippen LogP) is 6.16. The van der Waals surface area contributed by atoms with Crippen molar-refractivity contribution >= 4 is 0 Å². The van der Waals surface area contributed by atoms with Gasteiger partial charge in [-0.25, -0.2) is 0 Å². The molecule has 3 saturated carbocycles. The molecule has 0 heterocycles. The quantitative estimate of drug-likeness (QED) is 0.542. The Balaban J connectivity index is 0.000000272. The molecule has 3 rings (SSSR count). The SMILES string of the molecule is C.C.CC(C)(C)C1CC1.CC(C1CC1)C1CC1. The first-order chi connectivity index (χ1) is 6.98. The van der Waals surface area contributed by atoms with Crippen molar-refractivity contribution in [2.75, 3.05) is 0 Å². The fraction of sp³-hybridized carbons (Fsp3) is 1.00. The van der Waals surface area contributed by atoms with Crippen molar-refractivity contribution in [2.24, 2.45) is 29.1 Å². The molecule has 104 valence electrons. The molecule has 0 saturated heterocycles. The maximum atomic E-state index is 2.44. The molecule has 0 atom stereocenters. The average molecular weight is 240 g/mol. The van der Waals surface area contributed by atoms with Gasteiger partial charge in [-0.15, -0.1) is 0 Å². The number of hydrogen-bond donors (Lipinski definition) is 0. The van der Waals surface area contributed by atoms with Crippen LogP contribution in [0.5, 0.6) is 0 Å². The molecule has 0 heteroatoms. The van der Waals surface area contributed by atoms with Gasteiger partial charge in [0.2, 0.25) is 0 Å². The van der Waals surface area contributed by atoms with Crippen LogP contribution in [0.1, 0.15) is 81.1 Å². The van der Waals surface area contributed by atoms with E-state index in [9.17, 15) is 0 Å². The summed E-state index contributed by atoms with van der Waals surface area (Å²) in [5.74, 6) is 4.45. The molecule has 0 aromatic rings. The van der Waals surface area contributed by atoms with E-state index < -0.39 is 0 Å². The molecule has 0 radical (unpaired) electrons. The van der Waals surface area contributed by atoms with E-state index in [2.05, 4.69) is 27.7 Å². The average Bonchev–Trinajstić information content (AvgIpc) is 3.05. The first kappa shape index (κ1) is 17.0.